The van der Waals surface area contributed by atoms with Crippen molar-refractivity contribution in [2.24, 2.45) is 5.10 Å². The fourth-order valence-corrected chi connectivity index (χ4v) is 2.93. The van der Waals surface area contributed by atoms with Crippen molar-refractivity contribution in [1.29, 1.82) is 0 Å². The van der Waals surface area contributed by atoms with Gasteiger partial charge in [-0.1, -0.05) is 28.1 Å². The Bertz CT molecular complexity index is 1180. The van der Waals surface area contributed by atoms with Gasteiger partial charge in [0.1, 0.15) is 11.5 Å². The third-order valence-electron chi connectivity index (χ3n) is 4.33. The Kier molecular flexibility index (Phi) is 8.75. The molecule has 9 nitrogen and oxygen atoms in total. The maximum Gasteiger partial charge on any atom is 0.329 e. The molecule has 3 N–H and O–H groups in total. The molecule has 0 bridgehead atoms. The zero-order valence-corrected chi connectivity index (χ0v) is 19.7. The predicted octanol–water partition coefficient (Wildman–Crippen LogP) is 3.56. The van der Waals surface area contributed by atoms with Crippen LogP contribution in [0.3, 0.4) is 0 Å². The number of nitrogens with one attached hydrogen (secondary N) is 3. The lowest BCUT2D eigenvalue weighted by atomic mass is 10.2. The molecule has 0 radical (unpaired) electrons. The highest BCUT2D eigenvalue weighted by Gasteiger charge is 2.13. The van der Waals surface area contributed by atoms with Crippen LogP contribution in [-0.4, -0.2) is 37.7 Å². The Labute approximate surface area is 204 Å². The second kappa shape index (κ2) is 12.2. The van der Waals surface area contributed by atoms with Crippen LogP contribution in [0.5, 0.6) is 11.5 Å². The van der Waals surface area contributed by atoms with Crippen molar-refractivity contribution >= 4 is 51.2 Å². The molecule has 174 valence electrons. The van der Waals surface area contributed by atoms with Gasteiger partial charge >= 0.3 is 11.8 Å². The lowest BCUT2D eigenvalue weighted by Gasteiger charge is -2.09. The minimum Gasteiger partial charge on any atom is -0.497 e. The number of hydrogen-bond acceptors (Lipinski definition) is 6. The molecule has 0 saturated heterocycles. The number of amides is 3. The average molecular weight is 525 g/mol. The minimum absolute atomic E-state index is 0.225. The Morgan fingerprint density at radius 3 is 2.24 bits per heavy atom. The van der Waals surface area contributed by atoms with Gasteiger partial charge in [-0.25, -0.2) is 5.43 Å². The summed E-state index contributed by atoms with van der Waals surface area (Å²) in [6.07, 6.45) is 1.32. The van der Waals surface area contributed by atoms with Crippen molar-refractivity contribution in [3.05, 3.63) is 82.8 Å². The van der Waals surface area contributed by atoms with Crippen LogP contribution in [0.25, 0.3) is 0 Å². The van der Waals surface area contributed by atoms with E-state index in [0.29, 0.717) is 28.4 Å². The molecule has 0 spiro atoms. The number of halogens is 1. The molecule has 3 amide bonds. The first kappa shape index (κ1) is 24.5. The summed E-state index contributed by atoms with van der Waals surface area (Å²) in [5.41, 5.74) is 3.74. The molecule has 0 unspecified atom stereocenters. The number of carbonyl (C=O) groups is 3. The van der Waals surface area contributed by atoms with Gasteiger partial charge in [0.25, 0.3) is 5.91 Å². The normalized spacial score (nSPS) is 10.4. The number of para-hydroxylation sites is 1. The smallest absolute Gasteiger partial charge is 0.329 e. The van der Waals surface area contributed by atoms with Crippen LogP contribution in [-0.2, 0) is 14.4 Å². The van der Waals surface area contributed by atoms with E-state index >= 15 is 0 Å². The molecule has 3 rings (SSSR count). The number of carbonyl (C=O) groups excluding carboxylic acids is 3. The van der Waals surface area contributed by atoms with Gasteiger partial charge in [0, 0.05) is 21.4 Å². The molecule has 0 fully saturated rings. The number of nitrogens with zero attached hydrogens (tertiary/aromatic N) is 1. The fourth-order valence-electron chi connectivity index (χ4n) is 2.67. The van der Waals surface area contributed by atoms with Crippen LogP contribution < -0.4 is 25.5 Å². The molecule has 34 heavy (non-hydrogen) atoms. The van der Waals surface area contributed by atoms with Crippen molar-refractivity contribution in [2.45, 2.75) is 0 Å². The summed E-state index contributed by atoms with van der Waals surface area (Å²) < 4.78 is 11.5. The summed E-state index contributed by atoms with van der Waals surface area (Å²) >= 11 is 3.34. The number of anilines is 2. The molecule has 0 aliphatic rings. The molecule has 0 aromatic heterocycles. The van der Waals surface area contributed by atoms with Gasteiger partial charge in [-0.15, -0.1) is 0 Å². The molecule has 0 saturated carbocycles. The second-order valence-corrected chi connectivity index (χ2v) is 7.68. The monoisotopic (exact) mass is 524 g/mol. The molecular weight excluding hydrogens is 504 g/mol. The number of ether oxygens (including phenoxy) is 2. The Hall–Kier alpha value is -4.18. The molecular formula is C24H21BrN4O5. The average Bonchev–Trinajstić information content (AvgIpc) is 2.85. The fraction of sp³-hybridized carbons (Fsp3) is 0.0833. The van der Waals surface area contributed by atoms with Gasteiger partial charge in [-0.3, -0.25) is 14.4 Å². The van der Waals surface area contributed by atoms with Gasteiger partial charge in [0.15, 0.2) is 6.61 Å². The van der Waals surface area contributed by atoms with Crippen molar-refractivity contribution in [3.63, 3.8) is 0 Å². The molecule has 0 aliphatic carbocycles. The highest BCUT2D eigenvalue weighted by atomic mass is 79.9. The second-order valence-electron chi connectivity index (χ2n) is 6.76. The lowest BCUT2D eigenvalue weighted by molar-refractivity contribution is -0.136. The van der Waals surface area contributed by atoms with E-state index in [9.17, 15) is 14.4 Å². The van der Waals surface area contributed by atoms with E-state index in [-0.39, 0.29) is 12.5 Å². The van der Waals surface area contributed by atoms with E-state index in [1.165, 1.54) is 13.3 Å². The number of methoxy groups -OCH3 is 1. The van der Waals surface area contributed by atoms with Crippen LogP contribution in [0.15, 0.2) is 82.4 Å². The Morgan fingerprint density at radius 1 is 0.882 bits per heavy atom. The van der Waals surface area contributed by atoms with E-state index < -0.39 is 11.8 Å². The SMILES string of the molecule is COc1ccc(NC(=O)C(=O)N/N=C\c2ccccc2OCC(=O)Nc2ccc(Br)cc2)cc1. The minimum atomic E-state index is -0.945. The van der Waals surface area contributed by atoms with Crippen LogP contribution >= 0.6 is 15.9 Å². The first-order valence-electron chi connectivity index (χ1n) is 10.0. The number of hydrazone groups is 1. The summed E-state index contributed by atoms with van der Waals surface area (Å²) in [6, 6.07) is 20.5. The molecule has 0 heterocycles. The number of benzene rings is 3. The van der Waals surface area contributed by atoms with Crippen molar-refractivity contribution in [1.82, 2.24) is 5.43 Å². The van der Waals surface area contributed by atoms with E-state index in [2.05, 4.69) is 37.1 Å². The summed E-state index contributed by atoms with van der Waals surface area (Å²) in [4.78, 5) is 36.2. The van der Waals surface area contributed by atoms with Gasteiger partial charge in [-0.2, -0.15) is 5.10 Å². The first-order chi connectivity index (χ1) is 16.4. The topological polar surface area (TPSA) is 118 Å². The standard InChI is InChI=1S/C24H21BrN4O5/c1-33-20-12-10-19(11-13-20)28-23(31)24(32)29-26-14-16-4-2-3-5-21(16)34-15-22(30)27-18-8-6-17(25)7-9-18/h2-14H,15H2,1H3,(H,27,30)(H,28,31)(H,29,32)/b26-14-. The lowest BCUT2D eigenvalue weighted by Crippen LogP contribution is -2.32. The van der Waals surface area contributed by atoms with E-state index in [1.807, 2.05) is 12.1 Å². The van der Waals surface area contributed by atoms with E-state index in [0.717, 1.165) is 4.47 Å². The van der Waals surface area contributed by atoms with Crippen LogP contribution in [0.2, 0.25) is 0 Å². The zero-order valence-electron chi connectivity index (χ0n) is 18.1. The largest absolute Gasteiger partial charge is 0.497 e. The van der Waals surface area contributed by atoms with E-state index in [4.69, 9.17) is 9.47 Å². The highest BCUT2D eigenvalue weighted by molar-refractivity contribution is 9.10. The molecule has 0 atom stereocenters. The third kappa shape index (κ3) is 7.45. The molecule has 3 aromatic rings. The summed E-state index contributed by atoms with van der Waals surface area (Å²) in [5.74, 6) is -1.15. The predicted molar refractivity (Wildman–Crippen MR) is 132 cm³/mol. The molecule has 0 aliphatic heterocycles. The van der Waals surface area contributed by atoms with Crippen molar-refractivity contribution in [3.8, 4) is 11.5 Å². The van der Waals surface area contributed by atoms with Gasteiger partial charge in [-0.05, 0) is 60.7 Å². The highest BCUT2D eigenvalue weighted by Crippen LogP contribution is 2.17. The molecule has 10 heteroatoms. The number of rotatable bonds is 8. The van der Waals surface area contributed by atoms with Crippen molar-refractivity contribution < 1.29 is 23.9 Å². The summed E-state index contributed by atoms with van der Waals surface area (Å²) in [5, 5.41) is 8.99. The maximum absolute atomic E-state index is 12.2. The van der Waals surface area contributed by atoms with Gasteiger partial charge in [0.05, 0.1) is 13.3 Å². The van der Waals surface area contributed by atoms with Crippen LogP contribution in [0.1, 0.15) is 5.56 Å². The summed E-state index contributed by atoms with van der Waals surface area (Å²) in [6.45, 7) is -0.225. The zero-order chi connectivity index (χ0) is 24.3. The third-order valence-corrected chi connectivity index (χ3v) is 4.86. The molecule has 3 aromatic carbocycles. The van der Waals surface area contributed by atoms with Crippen LogP contribution in [0, 0.1) is 0 Å². The van der Waals surface area contributed by atoms with Gasteiger partial charge < -0.3 is 20.1 Å². The quantitative estimate of drug-likeness (QED) is 0.236. The van der Waals surface area contributed by atoms with Crippen molar-refractivity contribution in [2.75, 3.05) is 24.4 Å². The number of hydrogen-bond donors (Lipinski definition) is 3. The van der Waals surface area contributed by atoms with Crippen LogP contribution in [0.4, 0.5) is 11.4 Å². The summed E-state index contributed by atoms with van der Waals surface area (Å²) in [7, 11) is 1.53. The Balaban J connectivity index is 1.51. The Morgan fingerprint density at radius 2 is 1.53 bits per heavy atom. The van der Waals surface area contributed by atoms with E-state index in [1.54, 1.807) is 60.7 Å². The first-order valence-corrected chi connectivity index (χ1v) is 10.8. The van der Waals surface area contributed by atoms with Gasteiger partial charge in [0.2, 0.25) is 0 Å². The maximum atomic E-state index is 12.2.